The molecule has 0 aromatic heterocycles. The number of rotatable bonds is 7. The predicted octanol–water partition coefficient (Wildman–Crippen LogP) is 1.07. The van der Waals surface area contributed by atoms with Crippen molar-refractivity contribution in [3.05, 3.63) is 0 Å². The fourth-order valence-corrected chi connectivity index (χ4v) is 1.67. The van der Waals surface area contributed by atoms with Gasteiger partial charge < -0.3 is 15.5 Å². The predicted molar refractivity (Wildman–Crippen MR) is 73.1 cm³/mol. The first-order chi connectivity index (χ1) is 9.27. The van der Waals surface area contributed by atoms with Crippen molar-refractivity contribution in [3.63, 3.8) is 0 Å². The Hall–Kier alpha value is -1.79. The van der Waals surface area contributed by atoms with Crippen molar-refractivity contribution in [3.8, 4) is 12.1 Å². The van der Waals surface area contributed by atoms with Gasteiger partial charge >= 0.3 is 6.03 Å². The smallest absolute Gasteiger partial charge is 0.317 e. The summed E-state index contributed by atoms with van der Waals surface area (Å²) < 4.78 is 0. The van der Waals surface area contributed by atoms with Crippen molar-refractivity contribution in [1.82, 2.24) is 15.5 Å². The number of nitriles is 2. The van der Waals surface area contributed by atoms with E-state index >= 15 is 0 Å². The fraction of sp³-hybridized carbons (Fsp3) is 0.769. The monoisotopic (exact) mass is 265 g/mol. The molecule has 0 aromatic rings. The van der Waals surface area contributed by atoms with Gasteiger partial charge in [0.05, 0.1) is 18.1 Å². The van der Waals surface area contributed by atoms with E-state index in [1.807, 2.05) is 19.9 Å². The van der Waals surface area contributed by atoms with Crippen LogP contribution < -0.4 is 10.6 Å². The normalized spacial score (nSPS) is 14.7. The summed E-state index contributed by atoms with van der Waals surface area (Å²) in [5, 5.41) is 23.1. The van der Waals surface area contributed by atoms with E-state index in [9.17, 15) is 4.79 Å². The molecular formula is C13H23N5O. The van der Waals surface area contributed by atoms with Crippen LogP contribution in [-0.4, -0.2) is 43.7 Å². The molecule has 6 nitrogen and oxygen atoms in total. The Balaban J connectivity index is 0.00000154. The summed E-state index contributed by atoms with van der Waals surface area (Å²) in [7, 11) is 0. The zero-order valence-electron chi connectivity index (χ0n) is 11.8. The summed E-state index contributed by atoms with van der Waals surface area (Å²) >= 11 is 0. The molecule has 1 saturated heterocycles. The minimum absolute atomic E-state index is 0.0203. The molecule has 1 heterocycles. The highest BCUT2D eigenvalue weighted by Crippen LogP contribution is 2.02. The highest BCUT2D eigenvalue weighted by molar-refractivity contribution is 5.76. The maximum atomic E-state index is 11.2. The molecule has 0 radical (unpaired) electrons. The number of hydrogen-bond acceptors (Lipinski definition) is 4. The number of nitrogens with zero attached hydrogens (tertiary/aromatic N) is 3. The van der Waals surface area contributed by atoms with Gasteiger partial charge in [0.25, 0.3) is 0 Å². The molecule has 0 spiro atoms. The maximum Gasteiger partial charge on any atom is 0.317 e. The molecule has 1 atom stereocenters. The SMILES string of the molecule is CC.N#CCCC(C#N)CNCCN1CCNC1=O. The molecule has 1 rings (SSSR count). The van der Waals surface area contributed by atoms with Crippen LogP contribution in [-0.2, 0) is 0 Å². The number of urea groups is 1. The summed E-state index contributed by atoms with van der Waals surface area (Å²) in [5.74, 6) is -0.123. The summed E-state index contributed by atoms with van der Waals surface area (Å²) in [6.45, 7) is 7.37. The van der Waals surface area contributed by atoms with Crippen molar-refractivity contribution < 1.29 is 4.79 Å². The second kappa shape index (κ2) is 11.3. The lowest BCUT2D eigenvalue weighted by Gasteiger charge is -2.15. The van der Waals surface area contributed by atoms with Gasteiger partial charge in [0.2, 0.25) is 0 Å². The van der Waals surface area contributed by atoms with Crippen LogP contribution in [0.5, 0.6) is 0 Å². The molecular weight excluding hydrogens is 242 g/mol. The number of nitrogens with one attached hydrogen (secondary N) is 2. The molecule has 2 amide bonds. The molecule has 0 saturated carbocycles. The summed E-state index contributed by atoms with van der Waals surface area (Å²) in [4.78, 5) is 12.9. The third kappa shape index (κ3) is 7.28. The van der Waals surface area contributed by atoms with Crippen LogP contribution in [0.15, 0.2) is 0 Å². The Morgan fingerprint density at radius 1 is 1.47 bits per heavy atom. The molecule has 19 heavy (non-hydrogen) atoms. The van der Waals surface area contributed by atoms with E-state index < -0.39 is 0 Å². The Morgan fingerprint density at radius 2 is 2.21 bits per heavy atom. The van der Waals surface area contributed by atoms with Crippen molar-refractivity contribution in [2.24, 2.45) is 5.92 Å². The van der Waals surface area contributed by atoms with Crippen LogP contribution in [0, 0.1) is 28.6 Å². The first-order valence-corrected chi connectivity index (χ1v) is 6.78. The van der Waals surface area contributed by atoms with E-state index in [2.05, 4.69) is 16.7 Å². The summed E-state index contributed by atoms with van der Waals surface area (Å²) in [5.41, 5.74) is 0. The van der Waals surface area contributed by atoms with Crippen LogP contribution in [0.4, 0.5) is 4.79 Å². The van der Waals surface area contributed by atoms with Crippen LogP contribution in [0.25, 0.3) is 0 Å². The molecule has 106 valence electrons. The topological polar surface area (TPSA) is 91.9 Å². The van der Waals surface area contributed by atoms with Gasteiger partial charge in [0, 0.05) is 39.1 Å². The zero-order valence-corrected chi connectivity index (χ0v) is 11.8. The summed E-state index contributed by atoms with van der Waals surface area (Å²) in [6.07, 6.45) is 1.01. The molecule has 0 aliphatic carbocycles. The Bertz CT molecular complexity index is 331. The lowest BCUT2D eigenvalue weighted by molar-refractivity contribution is 0.217. The first-order valence-electron chi connectivity index (χ1n) is 6.78. The quantitative estimate of drug-likeness (QED) is 0.673. The van der Waals surface area contributed by atoms with Crippen LogP contribution in [0.3, 0.4) is 0 Å². The lowest BCUT2D eigenvalue weighted by Crippen LogP contribution is -2.36. The van der Waals surface area contributed by atoms with Crippen molar-refractivity contribution in [2.75, 3.05) is 32.7 Å². The minimum atomic E-state index is -0.123. The van der Waals surface area contributed by atoms with Gasteiger partial charge in [-0.25, -0.2) is 4.79 Å². The van der Waals surface area contributed by atoms with Gasteiger partial charge in [-0.3, -0.25) is 0 Å². The second-order valence-corrected chi connectivity index (χ2v) is 3.95. The number of carbonyl (C=O) groups is 1. The van der Waals surface area contributed by atoms with E-state index in [1.54, 1.807) is 4.90 Å². The number of amides is 2. The van der Waals surface area contributed by atoms with Crippen molar-refractivity contribution in [2.45, 2.75) is 26.7 Å². The zero-order chi connectivity index (χ0) is 14.5. The molecule has 1 aliphatic rings. The third-order valence-corrected chi connectivity index (χ3v) is 2.68. The second-order valence-electron chi connectivity index (χ2n) is 3.95. The average molecular weight is 265 g/mol. The van der Waals surface area contributed by atoms with Gasteiger partial charge in [-0.05, 0) is 6.42 Å². The van der Waals surface area contributed by atoms with E-state index in [4.69, 9.17) is 10.5 Å². The van der Waals surface area contributed by atoms with Gasteiger partial charge in [0.15, 0.2) is 0 Å². The van der Waals surface area contributed by atoms with Crippen LogP contribution in [0.2, 0.25) is 0 Å². The summed E-state index contributed by atoms with van der Waals surface area (Å²) in [6, 6.07) is 4.18. The Morgan fingerprint density at radius 3 is 2.74 bits per heavy atom. The van der Waals surface area contributed by atoms with Crippen molar-refractivity contribution >= 4 is 6.03 Å². The fourth-order valence-electron chi connectivity index (χ4n) is 1.67. The Labute approximate surface area is 115 Å². The van der Waals surface area contributed by atoms with Crippen LogP contribution >= 0.6 is 0 Å². The molecule has 0 aromatic carbocycles. The average Bonchev–Trinajstić information content (AvgIpc) is 2.86. The van der Waals surface area contributed by atoms with E-state index in [0.29, 0.717) is 39.0 Å². The minimum Gasteiger partial charge on any atom is -0.336 e. The van der Waals surface area contributed by atoms with Gasteiger partial charge in [-0.2, -0.15) is 10.5 Å². The molecule has 6 heteroatoms. The number of carbonyl (C=O) groups excluding carboxylic acids is 1. The molecule has 1 aliphatic heterocycles. The highest BCUT2D eigenvalue weighted by atomic mass is 16.2. The highest BCUT2D eigenvalue weighted by Gasteiger charge is 2.18. The first kappa shape index (κ1) is 17.2. The van der Waals surface area contributed by atoms with E-state index in [1.165, 1.54) is 0 Å². The van der Waals surface area contributed by atoms with Gasteiger partial charge in [-0.15, -0.1) is 0 Å². The van der Waals surface area contributed by atoms with Crippen LogP contribution in [0.1, 0.15) is 26.7 Å². The molecule has 2 N–H and O–H groups in total. The Kier molecular flexibility index (Phi) is 10.2. The van der Waals surface area contributed by atoms with Gasteiger partial charge in [0.1, 0.15) is 0 Å². The lowest BCUT2D eigenvalue weighted by atomic mass is 10.1. The molecule has 1 unspecified atom stereocenters. The standard InChI is InChI=1S/C11H17N5O.C2H6/c12-3-1-2-10(8-13)9-14-4-6-16-7-5-15-11(16)17;1-2/h10,14H,1-2,4-7,9H2,(H,15,17);1-2H3. The largest absolute Gasteiger partial charge is 0.336 e. The molecule has 1 fully saturated rings. The van der Waals surface area contributed by atoms with Crippen molar-refractivity contribution in [1.29, 1.82) is 10.5 Å². The van der Waals surface area contributed by atoms with E-state index in [0.717, 1.165) is 6.54 Å². The molecule has 0 bridgehead atoms. The van der Waals surface area contributed by atoms with E-state index in [-0.39, 0.29) is 11.9 Å². The third-order valence-electron chi connectivity index (χ3n) is 2.68. The number of hydrogen-bond donors (Lipinski definition) is 2. The van der Waals surface area contributed by atoms with Gasteiger partial charge in [-0.1, -0.05) is 13.8 Å². The maximum absolute atomic E-state index is 11.2.